The molecule has 0 spiro atoms. The first-order valence-electron chi connectivity index (χ1n) is 8.01. The minimum absolute atomic E-state index is 0.0855. The lowest BCUT2D eigenvalue weighted by atomic mass is 9.95. The highest BCUT2D eigenvalue weighted by Crippen LogP contribution is 2.51. The molecule has 1 amide bonds. The number of amides is 1. The Bertz CT molecular complexity index is 1080. The summed E-state index contributed by atoms with van der Waals surface area (Å²) >= 11 is 18.0. The minimum Gasteiger partial charge on any atom is -0.465 e. The zero-order valence-corrected chi connectivity index (χ0v) is 17.5. The van der Waals surface area contributed by atoms with Gasteiger partial charge in [-0.2, -0.15) is 0 Å². The lowest BCUT2D eigenvalue weighted by molar-refractivity contribution is -0.121. The molecule has 28 heavy (non-hydrogen) atoms. The summed E-state index contributed by atoms with van der Waals surface area (Å²) in [5.41, 5.74) is -0.814. The van der Waals surface area contributed by atoms with Crippen LogP contribution in [0, 0.1) is 0 Å². The van der Waals surface area contributed by atoms with Crippen molar-refractivity contribution in [1.82, 2.24) is 4.72 Å². The van der Waals surface area contributed by atoms with Crippen molar-refractivity contribution in [3.05, 3.63) is 62.6 Å². The molecule has 0 aromatic heterocycles. The number of esters is 1. The highest BCUT2D eigenvalue weighted by molar-refractivity contribution is 7.90. The molecule has 1 aliphatic carbocycles. The standard InChI is InChI=1S/C18H14Cl3NO5S/c1-27-16(23)12-4-2-11(20)9-15(12)28(25,26)22-17(24)18(6-7-18)13-5-3-10(19)8-14(13)21/h2-5,8-9H,6-7H2,1H3,(H,22,24). The Morgan fingerprint density at radius 2 is 1.64 bits per heavy atom. The third kappa shape index (κ3) is 3.85. The van der Waals surface area contributed by atoms with E-state index in [9.17, 15) is 18.0 Å². The third-order valence-corrected chi connectivity index (χ3v) is 6.65. The molecule has 0 radical (unpaired) electrons. The normalized spacial score (nSPS) is 15.0. The van der Waals surface area contributed by atoms with Crippen LogP contribution in [0.1, 0.15) is 28.8 Å². The van der Waals surface area contributed by atoms with Gasteiger partial charge in [0.2, 0.25) is 5.91 Å². The Hall–Kier alpha value is -1.80. The number of hydrogen-bond acceptors (Lipinski definition) is 5. The predicted octanol–water partition coefficient (Wildman–Crippen LogP) is 3.97. The summed E-state index contributed by atoms with van der Waals surface area (Å²) in [6, 6.07) is 8.33. The van der Waals surface area contributed by atoms with E-state index in [1.807, 2.05) is 4.72 Å². The third-order valence-electron chi connectivity index (χ3n) is 4.50. The molecule has 148 valence electrons. The van der Waals surface area contributed by atoms with Crippen LogP contribution in [0.5, 0.6) is 0 Å². The van der Waals surface area contributed by atoms with Crippen LogP contribution < -0.4 is 4.72 Å². The molecule has 0 aliphatic heterocycles. The summed E-state index contributed by atoms with van der Waals surface area (Å²) in [7, 11) is -3.28. The number of methoxy groups -OCH3 is 1. The number of benzene rings is 2. The van der Waals surface area contributed by atoms with Crippen LogP contribution >= 0.6 is 34.8 Å². The smallest absolute Gasteiger partial charge is 0.339 e. The molecule has 3 rings (SSSR count). The maximum atomic E-state index is 12.9. The maximum Gasteiger partial charge on any atom is 0.339 e. The Morgan fingerprint density at radius 1 is 1.04 bits per heavy atom. The highest BCUT2D eigenvalue weighted by atomic mass is 35.5. The van der Waals surface area contributed by atoms with Crippen molar-refractivity contribution in [2.45, 2.75) is 23.2 Å². The molecule has 1 saturated carbocycles. The summed E-state index contributed by atoms with van der Waals surface area (Å²) in [5.74, 6) is -1.61. The van der Waals surface area contributed by atoms with E-state index in [0.29, 0.717) is 23.4 Å². The second kappa shape index (κ2) is 7.55. The van der Waals surface area contributed by atoms with Gasteiger partial charge in [0.15, 0.2) is 0 Å². The summed E-state index contributed by atoms with van der Waals surface area (Å²) < 4.78 is 32.3. The molecule has 2 aromatic rings. The van der Waals surface area contributed by atoms with Gasteiger partial charge >= 0.3 is 5.97 Å². The van der Waals surface area contributed by atoms with Crippen LogP contribution in [0.3, 0.4) is 0 Å². The van der Waals surface area contributed by atoms with Crippen LogP contribution in [0.4, 0.5) is 0 Å². The van der Waals surface area contributed by atoms with Gasteiger partial charge in [0, 0.05) is 15.1 Å². The molecule has 0 saturated heterocycles. The van der Waals surface area contributed by atoms with Crippen molar-refractivity contribution in [3.8, 4) is 0 Å². The summed E-state index contributed by atoms with van der Waals surface area (Å²) in [6.07, 6.45) is 0.851. The maximum absolute atomic E-state index is 12.9. The molecule has 1 fully saturated rings. The molecule has 10 heteroatoms. The molecular weight excluding hydrogens is 449 g/mol. The molecule has 0 bridgehead atoms. The van der Waals surface area contributed by atoms with Crippen molar-refractivity contribution in [1.29, 1.82) is 0 Å². The second-order valence-electron chi connectivity index (χ2n) is 6.27. The summed E-state index contributed by atoms with van der Waals surface area (Å²) in [5, 5.41) is 0.761. The Kier molecular flexibility index (Phi) is 5.64. The van der Waals surface area contributed by atoms with E-state index in [-0.39, 0.29) is 15.6 Å². The van der Waals surface area contributed by atoms with Gasteiger partial charge in [-0.05, 0) is 48.7 Å². The number of rotatable bonds is 5. The van der Waals surface area contributed by atoms with Crippen LogP contribution in [-0.4, -0.2) is 27.4 Å². The van der Waals surface area contributed by atoms with Crippen LogP contribution in [0.25, 0.3) is 0 Å². The Labute approximate surface area is 176 Å². The van der Waals surface area contributed by atoms with Gasteiger partial charge in [0.05, 0.1) is 18.1 Å². The van der Waals surface area contributed by atoms with Gasteiger partial charge in [-0.3, -0.25) is 4.79 Å². The van der Waals surface area contributed by atoms with E-state index >= 15 is 0 Å². The SMILES string of the molecule is COC(=O)c1ccc(Cl)cc1S(=O)(=O)NC(=O)C1(c2ccc(Cl)cc2Cl)CC1. The number of hydrogen-bond donors (Lipinski definition) is 1. The predicted molar refractivity (Wildman–Crippen MR) is 105 cm³/mol. The van der Waals surface area contributed by atoms with Gasteiger partial charge in [-0.15, -0.1) is 0 Å². The minimum atomic E-state index is -4.39. The van der Waals surface area contributed by atoms with Gasteiger partial charge in [0.1, 0.15) is 4.90 Å². The first-order chi connectivity index (χ1) is 13.1. The van der Waals surface area contributed by atoms with Crippen molar-refractivity contribution < 1.29 is 22.7 Å². The molecule has 1 aliphatic rings. The Morgan fingerprint density at radius 3 is 2.21 bits per heavy atom. The van der Waals surface area contributed by atoms with Crippen LogP contribution in [-0.2, 0) is 25.0 Å². The molecule has 0 heterocycles. The van der Waals surface area contributed by atoms with E-state index in [1.165, 1.54) is 18.2 Å². The van der Waals surface area contributed by atoms with Gasteiger partial charge in [-0.1, -0.05) is 40.9 Å². The first-order valence-corrected chi connectivity index (χ1v) is 10.6. The number of carbonyl (C=O) groups is 2. The van der Waals surface area contributed by atoms with E-state index in [0.717, 1.165) is 13.2 Å². The molecule has 2 aromatic carbocycles. The topological polar surface area (TPSA) is 89.5 Å². The van der Waals surface area contributed by atoms with Crippen LogP contribution in [0.15, 0.2) is 41.3 Å². The fraction of sp³-hybridized carbons (Fsp3) is 0.222. The van der Waals surface area contributed by atoms with Gasteiger partial charge < -0.3 is 4.74 Å². The zero-order valence-electron chi connectivity index (χ0n) is 14.5. The van der Waals surface area contributed by atoms with Crippen molar-refractivity contribution in [3.63, 3.8) is 0 Å². The fourth-order valence-electron chi connectivity index (χ4n) is 2.89. The molecule has 0 atom stereocenters. The summed E-state index contributed by atoms with van der Waals surface area (Å²) in [6.45, 7) is 0. The number of ether oxygens (including phenoxy) is 1. The number of sulfonamides is 1. The lowest BCUT2D eigenvalue weighted by Crippen LogP contribution is -2.39. The fourth-order valence-corrected chi connectivity index (χ4v) is 4.99. The quantitative estimate of drug-likeness (QED) is 0.679. The first kappa shape index (κ1) is 20.9. The average molecular weight is 463 g/mol. The van der Waals surface area contributed by atoms with E-state index in [4.69, 9.17) is 34.8 Å². The van der Waals surface area contributed by atoms with Crippen LogP contribution in [0.2, 0.25) is 15.1 Å². The second-order valence-corrected chi connectivity index (χ2v) is 9.20. The molecule has 6 nitrogen and oxygen atoms in total. The van der Waals surface area contributed by atoms with E-state index in [1.54, 1.807) is 12.1 Å². The average Bonchev–Trinajstić information content (AvgIpc) is 3.42. The zero-order chi connectivity index (χ0) is 20.7. The van der Waals surface area contributed by atoms with E-state index < -0.39 is 32.2 Å². The number of halogens is 3. The molecule has 0 unspecified atom stereocenters. The summed E-state index contributed by atoms with van der Waals surface area (Å²) in [4.78, 5) is 24.3. The van der Waals surface area contributed by atoms with E-state index in [2.05, 4.69) is 4.74 Å². The molecule has 1 N–H and O–H groups in total. The molecular formula is C18H14Cl3NO5S. The van der Waals surface area contributed by atoms with Crippen molar-refractivity contribution >= 4 is 56.7 Å². The monoisotopic (exact) mass is 461 g/mol. The van der Waals surface area contributed by atoms with Crippen molar-refractivity contribution in [2.24, 2.45) is 0 Å². The van der Waals surface area contributed by atoms with Gasteiger partial charge in [-0.25, -0.2) is 17.9 Å². The largest absolute Gasteiger partial charge is 0.465 e. The number of carbonyl (C=O) groups excluding carboxylic acids is 2. The van der Waals surface area contributed by atoms with Gasteiger partial charge in [0.25, 0.3) is 10.0 Å². The number of nitrogens with one attached hydrogen (secondary N) is 1. The van der Waals surface area contributed by atoms with Crippen molar-refractivity contribution in [2.75, 3.05) is 7.11 Å². The highest BCUT2D eigenvalue weighted by Gasteiger charge is 2.53. The Balaban J connectivity index is 1.96. The lowest BCUT2D eigenvalue weighted by Gasteiger charge is -2.18.